The molecule has 1 aromatic rings. The maximum Gasteiger partial charge on any atom is 0.283 e. The summed E-state index contributed by atoms with van der Waals surface area (Å²) in [6, 6.07) is 6.45. The monoisotopic (exact) mass is 207 g/mol. The highest BCUT2D eigenvalue weighted by atomic mass is 79.9. The van der Waals surface area contributed by atoms with Crippen molar-refractivity contribution in [1.82, 2.24) is 0 Å². The van der Waals surface area contributed by atoms with Gasteiger partial charge < -0.3 is 0 Å². The molecule has 0 aliphatic rings. The van der Waals surface area contributed by atoms with Crippen molar-refractivity contribution < 1.29 is 4.92 Å². The lowest BCUT2D eigenvalue weighted by molar-refractivity contribution is -0.385. The Morgan fingerprint density at radius 1 is 1.40 bits per heavy atom. The Hall–Kier alpha value is -0.900. The summed E-state index contributed by atoms with van der Waals surface area (Å²) in [5.74, 6) is 0. The Kier molecular flexibility index (Phi) is 2.01. The van der Waals surface area contributed by atoms with Crippen LogP contribution in [0.3, 0.4) is 0 Å². The standard InChI is InChI=1S/C6H4BrNO2/c7-5-3-1-2-4-6(5)8(9)10/h1-4H/i1+1,2+1,3+1,4+1,5+1,6+1. The van der Waals surface area contributed by atoms with Crippen LogP contribution < -0.4 is 0 Å². The van der Waals surface area contributed by atoms with E-state index in [0.717, 1.165) is 0 Å². The highest BCUT2D eigenvalue weighted by molar-refractivity contribution is 9.10. The number of nitro groups is 1. The topological polar surface area (TPSA) is 43.1 Å². The molecule has 0 atom stereocenters. The summed E-state index contributed by atoms with van der Waals surface area (Å²) in [4.78, 5) is 9.77. The van der Waals surface area contributed by atoms with E-state index in [2.05, 4.69) is 15.9 Å². The van der Waals surface area contributed by atoms with Crippen LogP contribution in [0.1, 0.15) is 0 Å². The summed E-state index contributed by atoms with van der Waals surface area (Å²) in [6.07, 6.45) is 0. The molecule has 0 spiro atoms. The summed E-state index contributed by atoms with van der Waals surface area (Å²) in [6.45, 7) is 0. The van der Waals surface area contributed by atoms with E-state index in [0.29, 0.717) is 4.47 Å². The average molecular weight is 208 g/mol. The van der Waals surface area contributed by atoms with Crippen LogP contribution >= 0.6 is 15.9 Å². The van der Waals surface area contributed by atoms with E-state index in [1.165, 1.54) is 6.07 Å². The molecule has 0 aliphatic heterocycles. The third kappa shape index (κ3) is 1.33. The Balaban J connectivity index is 3.15. The zero-order valence-corrected chi connectivity index (χ0v) is 6.54. The number of benzene rings is 1. The number of hydrogen-bond acceptors (Lipinski definition) is 2. The molecule has 0 unspecified atom stereocenters. The van der Waals surface area contributed by atoms with Gasteiger partial charge in [-0.25, -0.2) is 0 Å². The van der Waals surface area contributed by atoms with Crippen molar-refractivity contribution >= 4 is 21.6 Å². The predicted molar refractivity (Wildman–Crippen MR) is 40.8 cm³/mol. The minimum absolute atomic E-state index is 0.0995. The van der Waals surface area contributed by atoms with Crippen molar-refractivity contribution in [3.05, 3.63) is 38.9 Å². The summed E-state index contributed by atoms with van der Waals surface area (Å²) < 4.78 is 0.514. The summed E-state index contributed by atoms with van der Waals surface area (Å²) >= 11 is 3.06. The summed E-state index contributed by atoms with van der Waals surface area (Å²) in [5, 5.41) is 10.2. The zero-order chi connectivity index (χ0) is 7.56. The number of para-hydroxylation sites is 1. The first-order valence-electron chi connectivity index (χ1n) is 2.61. The fourth-order valence-corrected chi connectivity index (χ4v) is 1.03. The molecule has 0 fully saturated rings. The predicted octanol–water partition coefficient (Wildman–Crippen LogP) is 2.36. The second kappa shape index (κ2) is 2.79. The van der Waals surface area contributed by atoms with Gasteiger partial charge in [-0.05, 0) is 22.0 Å². The van der Waals surface area contributed by atoms with Crippen LogP contribution in [0.15, 0.2) is 28.7 Å². The van der Waals surface area contributed by atoms with Crippen LogP contribution in [0.2, 0.25) is 0 Å². The van der Waals surface area contributed by atoms with Crippen LogP contribution in [-0.4, -0.2) is 4.92 Å². The fraction of sp³-hybridized carbons (Fsp3) is 0. The van der Waals surface area contributed by atoms with E-state index in [1.54, 1.807) is 18.2 Å². The number of nitrogens with zero attached hydrogens (tertiary/aromatic N) is 1. The van der Waals surface area contributed by atoms with Crippen molar-refractivity contribution in [3.8, 4) is 0 Å². The highest BCUT2D eigenvalue weighted by Crippen LogP contribution is 2.22. The third-order valence-electron chi connectivity index (χ3n) is 1.05. The van der Waals surface area contributed by atoms with Crippen LogP contribution in [0.4, 0.5) is 5.69 Å². The summed E-state index contributed by atoms with van der Waals surface area (Å²) in [7, 11) is 0. The second-order valence-electron chi connectivity index (χ2n) is 1.71. The molecule has 0 amide bonds. The normalized spacial score (nSPS) is 9.30. The molecule has 0 saturated carbocycles. The lowest BCUT2D eigenvalue weighted by Crippen LogP contribution is -1.87. The molecule has 1 aromatic carbocycles. The van der Waals surface area contributed by atoms with Gasteiger partial charge in [0.1, 0.15) is 0 Å². The van der Waals surface area contributed by atoms with E-state index < -0.39 is 4.92 Å². The van der Waals surface area contributed by atoms with Gasteiger partial charge in [-0.2, -0.15) is 0 Å². The van der Waals surface area contributed by atoms with Crippen molar-refractivity contribution in [2.24, 2.45) is 0 Å². The van der Waals surface area contributed by atoms with Gasteiger partial charge in [-0.3, -0.25) is 10.1 Å². The first-order valence-corrected chi connectivity index (χ1v) is 3.40. The van der Waals surface area contributed by atoms with Crippen molar-refractivity contribution in [3.63, 3.8) is 0 Å². The van der Waals surface area contributed by atoms with E-state index in [-0.39, 0.29) is 5.69 Å². The van der Waals surface area contributed by atoms with Gasteiger partial charge in [0.15, 0.2) is 0 Å². The maximum absolute atomic E-state index is 10.2. The Labute approximate surface area is 66.0 Å². The van der Waals surface area contributed by atoms with Gasteiger partial charge in [-0.15, -0.1) is 0 Å². The first kappa shape index (κ1) is 7.21. The Bertz CT molecular complexity index is 262. The largest absolute Gasteiger partial charge is 0.283 e. The maximum atomic E-state index is 10.2. The van der Waals surface area contributed by atoms with Gasteiger partial charge in [-0.1, -0.05) is 12.1 Å². The smallest absolute Gasteiger partial charge is 0.258 e. The SMILES string of the molecule is O=[N+]([O-])[13c]1[13cH][13cH][13cH][13cH][13c]1Br. The van der Waals surface area contributed by atoms with Crippen LogP contribution in [0, 0.1) is 10.1 Å². The summed E-state index contributed by atoms with van der Waals surface area (Å²) in [5.41, 5.74) is 0.0995. The molecule has 0 saturated heterocycles. The van der Waals surface area contributed by atoms with E-state index in [9.17, 15) is 10.1 Å². The molecule has 4 heteroatoms. The van der Waals surface area contributed by atoms with E-state index >= 15 is 0 Å². The van der Waals surface area contributed by atoms with Crippen molar-refractivity contribution in [2.45, 2.75) is 0 Å². The minimum Gasteiger partial charge on any atom is -0.258 e. The first-order chi connectivity index (χ1) is 4.72. The van der Waals surface area contributed by atoms with E-state index in [1.807, 2.05) is 0 Å². The molecule has 0 aliphatic carbocycles. The number of rotatable bonds is 1. The van der Waals surface area contributed by atoms with Gasteiger partial charge in [0.05, 0.1) is 9.40 Å². The second-order valence-corrected chi connectivity index (χ2v) is 2.56. The third-order valence-corrected chi connectivity index (χ3v) is 1.72. The molecule has 1 rings (SSSR count). The fourth-order valence-electron chi connectivity index (χ4n) is 0.600. The molecule has 10 heavy (non-hydrogen) atoms. The Morgan fingerprint density at radius 2 is 2.00 bits per heavy atom. The molecule has 0 N–H and O–H groups in total. The van der Waals surface area contributed by atoms with Gasteiger partial charge in [0.25, 0.3) is 5.69 Å². The molecular weight excluding hydrogens is 204 g/mol. The minimum atomic E-state index is -0.427. The van der Waals surface area contributed by atoms with Crippen LogP contribution in [0.5, 0.6) is 0 Å². The van der Waals surface area contributed by atoms with Gasteiger partial charge in [0, 0.05) is 6.07 Å². The Morgan fingerprint density at radius 3 is 2.40 bits per heavy atom. The van der Waals surface area contributed by atoms with Gasteiger partial charge >= 0.3 is 0 Å². The molecule has 0 aromatic heterocycles. The molecule has 0 heterocycles. The van der Waals surface area contributed by atoms with Crippen LogP contribution in [-0.2, 0) is 0 Å². The van der Waals surface area contributed by atoms with E-state index in [4.69, 9.17) is 0 Å². The lowest BCUT2D eigenvalue weighted by atomic mass is 11.3. The molecule has 0 bridgehead atoms. The highest BCUT2D eigenvalue weighted by Gasteiger charge is 2.07. The number of halogens is 1. The lowest BCUT2D eigenvalue weighted by Gasteiger charge is -1.91. The van der Waals surface area contributed by atoms with Crippen LogP contribution in [0.25, 0.3) is 0 Å². The zero-order valence-electron chi connectivity index (χ0n) is 4.95. The molecule has 0 radical (unpaired) electrons. The molecule has 52 valence electrons. The quantitative estimate of drug-likeness (QED) is 0.525. The van der Waals surface area contributed by atoms with Crippen molar-refractivity contribution in [2.75, 3.05) is 0 Å². The number of nitro benzene ring substituents is 1. The van der Waals surface area contributed by atoms with Crippen molar-refractivity contribution in [1.29, 1.82) is 0 Å². The molecular formula is C6H4BrNO2. The average Bonchev–Trinajstić information content (AvgIpc) is 1.88. The number of hydrogen-bond donors (Lipinski definition) is 0. The molecule has 3 nitrogen and oxygen atoms in total. The van der Waals surface area contributed by atoms with Gasteiger partial charge in [0.2, 0.25) is 0 Å².